The lowest BCUT2D eigenvalue weighted by atomic mass is 10.3. The fraction of sp³-hybridized carbons (Fsp3) is 0.455. The van der Waals surface area contributed by atoms with Crippen LogP contribution in [0, 0.1) is 0 Å². The Labute approximate surface area is 103 Å². The first-order valence-corrected chi connectivity index (χ1v) is 6.22. The highest BCUT2D eigenvalue weighted by atomic mass is 79.9. The van der Waals surface area contributed by atoms with E-state index < -0.39 is 5.97 Å². The zero-order chi connectivity index (χ0) is 11.8. The van der Waals surface area contributed by atoms with Gasteiger partial charge < -0.3 is 9.47 Å². The third kappa shape index (κ3) is 3.81. The van der Waals surface area contributed by atoms with Crippen molar-refractivity contribution in [1.29, 1.82) is 0 Å². The van der Waals surface area contributed by atoms with Crippen LogP contribution in [0.2, 0.25) is 0 Å². The van der Waals surface area contributed by atoms with Crippen molar-refractivity contribution in [3.05, 3.63) is 23.9 Å². The number of carbonyl (C=O) groups is 1. The Morgan fingerprint density at radius 1 is 1.56 bits per heavy atom. The van der Waals surface area contributed by atoms with Gasteiger partial charge in [0.1, 0.15) is 5.56 Å². The lowest BCUT2D eigenvalue weighted by Crippen LogP contribution is -2.09. The zero-order valence-corrected chi connectivity index (χ0v) is 10.7. The SMILES string of the molecule is CCOC(=O)c1cccnc1OCCCBr. The summed E-state index contributed by atoms with van der Waals surface area (Å²) in [4.78, 5) is 15.6. The number of rotatable bonds is 6. The highest BCUT2D eigenvalue weighted by Crippen LogP contribution is 2.15. The Balaban J connectivity index is 2.71. The molecule has 0 spiro atoms. The molecular weight excluding hydrogens is 274 g/mol. The van der Waals surface area contributed by atoms with E-state index in [4.69, 9.17) is 9.47 Å². The Hall–Kier alpha value is -1.10. The average Bonchev–Trinajstić information content (AvgIpc) is 2.30. The van der Waals surface area contributed by atoms with Crippen molar-refractivity contribution >= 4 is 21.9 Å². The molecule has 0 bridgehead atoms. The molecule has 0 saturated heterocycles. The minimum absolute atomic E-state index is 0.335. The number of ether oxygens (including phenoxy) is 2. The number of alkyl halides is 1. The Morgan fingerprint density at radius 2 is 2.38 bits per heavy atom. The minimum Gasteiger partial charge on any atom is -0.477 e. The van der Waals surface area contributed by atoms with Gasteiger partial charge in [-0.3, -0.25) is 0 Å². The van der Waals surface area contributed by atoms with E-state index in [0.717, 1.165) is 11.8 Å². The normalized spacial score (nSPS) is 9.88. The zero-order valence-electron chi connectivity index (χ0n) is 9.11. The summed E-state index contributed by atoms with van der Waals surface area (Å²) in [5.74, 6) is -0.0636. The summed E-state index contributed by atoms with van der Waals surface area (Å²) in [5.41, 5.74) is 0.374. The molecule has 0 radical (unpaired) electrons. The molecule has 0 atom stereocenters. The number of esters is 1. The second-order valence-electron chi connectivity index (χ2n) is 2.97. The van der Waals surface area contributed by atoms with Crippen LogP contribution in [0.25, 0.3) is 0 Å². The molecule has 0 unspecified atom stereocenters. The molecule has 88 valence electrons. The molecule has 4 nitrogen and oxygen atoms in total. The van der Waals surface area contributed by atoms with Crippen molar-refractivity contribution in [2.45, 2.75) is 13.3 Å². The standard InChI is InChI=1S/C11H14BrNO3/c1-2-15-11(14)9-5-3-7-13-10(9)16-8-4-6-12/h3,5,7H,2,4,6,8H2,1H3. The number of nitrogens with zero attached hydrogens (tertiary/aromatic N) is 1. The first-order valence-electron chi connectivity index (χ1n) is 5.10. The summed E-state index contributed by atoms with van der Waals surface area (Å²) in [6, 6.07) is 3.33. The van der Waals surface area contributed by atoms with Crippen LogP contribution in [-0.4, -0.2) is 29.5 Å². The maximum atomic E-state index is 11.5. The lowest BCUT2D eigenvalue weighted by Gasteiger charge is -2.08. The maximum Gasteiger partial charge on any atom is 0.343 e. The van der Waals surface area contributed by atoms with Gasteiger partial charge in [-0.1, -0.05) is 15.9 Å². The lowest BCUT2D eigenvalue weighted by molar-refractivity contribution is 0.0520. The van der Waals surface area contributed by atoms with E-state index in [9.17, 15) is 4.79 Å². The minimum atomic E-state index is -0.399. The Bertz CT molecular complexity index is 344. The molecule has 1 aromatic heterocycles. The van der Waals surface area contributed by atoms with E-state index in [1.165, 1.54) is 0 Å². The van der Waals surface area contributed by atoms with Gasteiger partial charge in [0.2, 0.25) is 5.88 Å². The molecular formula is C11H14BrNO3. The quantitative estimate of drug-likeness (QED) is 0.458. The van der Waals surface area contributed by atoms with Gasteiger partial charge >= 0.3 is 5.97 Å². The van der Waals surface area contributed by atoms with Crippen LogP contribution >= 0.6 is 15.9 Å². The molecule has 1 heterocycles. The van der Waals surface area contributed by atoms with Crippen LogP contribution in [0.15, 0.2) is 18.3 Å². The van der Waals surface area contributed by atoms with Crippen molar-refractivity contribution < 1.29 is 14.3 Å². The molecule has 16 heavy (non-hydrogen) atoms. The van der Waals surface area contributed by atoms with Gasteiger partial charge in [-0.25, -0.2) is 9.78 Å². The number of pyridine rings is 1. The van der Waals surface area contributed by atoms with Crippen molar-refractivity contribution in [3.63, 3.8) is 0 Å². The number of halogens is 1. The summed E-state index contributed by atoms with van der Waals surface area (Å²) in [7, 11) is 0. The second-order valence-corrected chi connectivity index (χ2v) is 3.76. The number of hydrogen-bond acceptors (Lipinski definition) is 4. The van der Waals surface area contributed by atoms with Crippen molar-refractivity contribution in [1.82, 2.24) is 4.98 Å². The highest BCUT2D eigenvalue weighted by molar-refractivity contribution is 9.09. The van der Waals surface area contributed by atoms with Crippen LogP contribution in [-0.2, 0) is 4.74 Å². The van der Waals surface area contributed by atoms with E-state index in [-0.39, 0.29) is 0 Å². The first-order chi connectivity index (χ1) is 7.79. The Morgan fingerprint density at radius 3 is 3.06 bits per heavy atom. The summed E-state index contributed by atoms with van der Waals surface area (Å²) in [5, 5.41) is 0.856. The molecule has 0 amide bonds. The monoisotopic (exact) mass is 287 g/mol. The third-order valence-electron chi connectivity index (χ3n) is 1.78. The predicted octanol–water partition coefficient (Wildman–Crippen LogP) is 2.42. The summed E-state index contributed by atoms with van der Waals surface area (Å²) < 4.78 is 10.3. The van der Waals surface area contributed by atoms with Gasteiger partial charge in [0.25, 0.3) is 0 Å². The first kappa shape index (κ1) is 13.0. The van der Waals surface area contributed by atoms with E-state index >= 15 is 0 Å². The van der Waals surface area contributed by atoms with Crippen molar-refractivity contribution in [3.8, 4) is 5.88 Å². The topological polar surface area (TPSA) is 48.4 Å². The summed E-state index contributed by atoms with van der Waals surface area (Å²) >= 11 is 3.30. The molecule has 1 rings (SSSR count). The smallest absolute Gasteiger partial charge is 0.343 e. The molecule has 0 aliphatic rings. The molecule has 0 saturated carbocycles. The van der Waals surface area contributed by atoms with E-state index in [2.05, 4.69) is 20.9 Å². The van der Waals surface area contributed by atoms with Gasteiger partial charge in [-0.2, -0.15) is 0 Å². The predicted molar refractivity (Wildman–Crippen MR) is 64.1 cm³/mol. The van der Waals surface area contributed by atoms with Gasteiger partial charge in [0, 0.05) is 11.5 Å². The number of carbonyl (C=O) groups excluding carboxylic acids is 1. The molecule has 5 heteroatoms. The van der Waals surface area contributed by atoms with Crippen LogP contribution < -0.4 is 4.74 Å². The van der Waals surface area contributed by atoms with E-state index in [1.54, 1.807) is 25.3 Å². The maximum absolute atomic E-state index is 11.5. The van der Waals surface area contributed by atoms with Crippen molar-refractivity contribution in [2.24, 2.45) is 0 Å². The van der Waals surface area contributed by atoms with Crippen LogP contribution in [0.3, 0.4) is 0 Å². The molecule has 0 aliphatic heterocycles. The van der Waals surface area contributed by atoms with Gasteiger partial charge in [0.05, 0.1) is 13.2 Å². The van der Waals surface area contributed by atoms with E-state index in [1.807, 2.05) is 0 Å². The average molecular weight is 288 g/mol. The fourth-order valence-electron chi connectivity index (χ4n) is 1.09. The third-order valence-corrected chi connectivity index (χ3v) is 2.34. The van der Waals surface area contributed by atoms with Crippen molar-refractivity contribution in [2.75, 3.05) is 18.5 Å². The molecule has 0 aromatic carbocycles. The largest absolute Gasteiger partial charge is 0.477 e. The van der Waals surface area contributed by atoms with Crippen LogP contribution in [0.5, 0.6) is 5.88 Å². The summed E-state index contributed by atoms with van der Waals surface area (Å²) in [6.07, 6.45) is 2.45. The summed E-state index contributed by atoms with van der Waals surface area (Å²) in [6.45, 7) is 2.63. The molecule has 0 aliphatic carbocycles. The highest BCUT2D eigenvalue weighted by Gasteiger charge is 2.13. The van der Waals surface area contributed by atoms with Crippen LogP contribution in [0.4, 0.5) is 0 Å². The second kappa shape index (κ2) is 7.22. The van der Waals surface area contributed by atoms with Gasteiger partial charge in [-0.05, 0) is 25.5 Å². The van der Waals surface area contributed by atoms with Gasteiger partial charge in [0.15, 0.2) is 0 Å². The van der Waals surface area contributed by atoms with Crippen LogP contribution in [0.1, 0.15) is 23.7 Å². The molecule has 1 aromatic rings. The fourth-order valence-corrected chi connectivity index (χ4v) is 1.32. The number of aromatic nitrogens is 1. The Kier molecular flexibility index (Phi) is 5.85. The number of hydrogen-bond donors (Lipinski definition) is 0. The molecule has 0 fully saturated rings. The van der Waals surface area contributed by atoms with E-state index in [0.29, 0.717) is 24.7 Å². The van der Waals surface area contributed by atoms with Gasteiger partial charge in [-0.15, -0.1) is 0 Å². The molecule has 0 N–H and O–H groups in total.